The summed E-state index contributed by atoms with van der Waals surface area (Å²) < 4.78 is 1.85. The zero-order chi connectivity index (χ0) is 17.7. The first-order chi connectivity index (χ1) is 11.4. The van der Waals surface area contributed by atoms with Crippen LogP contribution in [0.1, 0.15) is 11.4 Å². The Balaban J connectivity index is 2.03. The second-order valence-electron chi connectivity index (χ2n) is 4.97. The highest BCUT2D eigenvalue weighted by Crippen LogP contribution is 2.25. The Bertz CT molecular complexity index is 787. The van der Waals surface area contributed by atoms with Crippen LogP contribution in [-0.2, 0) is 11.3 Å². The summed E-state index contributed by atoms with van der Waals surface area (Å²) in [6, 6.07) is 4.58. The number of nitro groups is 1. The van der Waals surface area contributed by atoms with Gasteiger partial charge in [0.25, 0.3) is 5.69 Å². The first-order valence-electron chi connectivity index (χ1n) is 7.11. The number of nitrogens with one attached hydrogen (secondary N) is 1. The molecule has 9 heteroatoms. The topological polar surface area (TPSA) is 103 Å². The van der Waals surface area contributed by atoms with E-state index in [9.17, 15) is 14.9 Å². The molecule has 0 radical (unpaired) electrons. The summed E-state index contributed by atoms with van der Waals surface area (Å²) >= 11 is 1.25. The molecule has 8 nitrogen and oxygen atoms in total. The van der Waals surface area contributed by atoms with Gasteiger partial charge < -0.3 is 9.88 Å². The third-order valence-electron chi connectivity index (χ3n) is 3.32. The molecule has 0 bridgehead atoms. The predicted molar refractivity (Wildman–Crippen MR) is 92.1 cm³/mol. The molecule has 2 aromatic rings. The Morgan fingerprint density at radius 3 is 2.88 bits per heavy atom. The molecule has 0 atom stereocenters. The van der Waals surface area contributed by atoms with E-state index in [1.807, 2.05) is 11.5 Å². The molecule has 0 aliphatic rings. The van der Waals surface area contributed by atoms with Gasteiger partial charge in [-0.25, -0.2) is 0 Å². The van der Waals surface area contributed by atoms with Crippen molar-refractivity contribution >= 4 is 29.0 Å². The van der Waals surface area contributed by atoms with Crippen LogP contribution in [0, 0.1) is 24.0 Å². The van der Waals surface area contributed by atoms with Crippen LogP contribution < -0.4 is 5.32 Å². The van der Waals surface area contributed by atoms with E-state index in [1.165, 1.54) is 23.9 Å². The van der Waals surface area contributed by atoms with Crippen LogP contribution in [0.25, 0.3) is 0 Å². The predicted octanol–water partition coefficient (Wildman–Crippen LogP) is 2.72. The number of hydrogen-bond donors (Lipinski definition) is 1. The molecule has 1 amide bonds. The average molecular weight is 347 g/mol. The van der Waals surface area contributed by atoms with Crippen LogP contribution in [0.15, 0.2) is 36.0 Å². The fourth-order valence-corrected chi connectivity index (χ4v) is 2.87. The average Bonchev–Trinajstić information content (AvgIpc) is 2.88. The lowest BCUT2D eigenvalue weighted by atomic mass is 10.1. The van der Waals surface area contributed by atoms with Gasteiger partial charge in [-0.05, 0) is 19.9 Å². The van der Waals surface area contributed by atoms with Crippen molar-refractivity contribution in [2.75, 3.05) is 11.1 Å². The van der Waals surface area contributed by atoms with E-state index in [1.54, 1.807) is 19.1 Å². The maximum Gasteiger partial charge on any atom is 0.274 e. The largest absolute Gasteiger partial charge is 0.325 e. The lowest BCUT2D eigenvalue weighted by Gasteiger charge is -2.09. The molecular weight excluding hydrogens is 330 g/mol. The Morgan fingerprint density at radius 2 is 2.21 bits per heavy atom. The quantitative estimate of drug-likeness (QED) is 0.357. The van der Waals surface area contributed by atoms with Crippen LogP contribution in [0.3, 0.4) is 0 Å². The summed E-state index contributed by atoms with van der Waals surface area (Å²) in [5, 5.41) is 22.3. The second kappa shape index (κ2) is 7.73. The van der Waals surface area contributed by atoms with Crippen LogP contribution in [0.2, 0.25) is 0 Å². The van der Waals surface area contributed by atoms with E-state index in [0.717, 1.165) is 5.82 Å². The van der Waals surface area contributed by atoms with Gasteiger partial charge in [0.1, 0.15) is 5.82 Å². The van der Waals surface area contributed by atoms with Gasteiger partial charge in [-0.15, -0.1) is 16.8 Å². The minimum Gasteiger partial charge on any atom is -0.325 e. The summed E-state index contributed by atoms with van der Waals surface area (Å²) in [5.41, 5.74) is 0.826. The molecule has 126 valence electrons. The number of thioether (sulfide) groups is 1. The Morgan fingerprint density at radius 1 is 1.46 bits per heavy atom. The van der Waals surface area contributed by atoms with Gasteiger partial charge in [-0.3, -0.25) is 14.9 Å². The third-order valence-corrected chi connectivity index (χ3v) is 4.29. The maximum atomic E-state index is 12.1. The summed E-state index contributed by atoms with van der Waals surface area (Å²) in [5.74, 6) is 0.596. The number of aromatic nitrogens is 3. The molecule has 0 aliphatic heterocycles. The summed E-state index contributed by atoms with van der Waals surface area (Å²) in [6.07, 6.45) is 1.73. The first kappa shape index (κ1) is 17.7. The Kier molecular flexibility index (Phi) is 5.69. The first-order valence-corrected chi connectivity index (χ1v) is 8.10. The number of nitrogens with zero attached hydrogens (tertiary/aromatic N) is 4. The highest BCUT2D eigenvalue weighted by Gasteiger charge is 2.16. The summed E-state index contributed by atoms with van der Waals surface area (Å²) in [4.78, 5) is 22.6. The van der Waals surface area contributed by atoms with Crippen molar-refractivity contribution in [3.63, 3.8) is 0 Å². The van der Waals surface area contributed by atoms with Crippen molar-refractivity contribution in [1.29, 1.82) is 0 Å². The van der Waals surface area contributed by atoms with Gasteiger partial charge in [-0.2, -0.15) is 0 Å². The maximum absolute atomic E-state index is 12.1. The van der Waals surface area contributed by atoms with Crippen molar-refractivity contribution in [2.45, 2.75) is 25.5 Å². The molecule has 0 fully saturated rings. The zero-order valence-electron chi connectivity index (χ0n) is 13.4. The van der Waals surface area contributed by atoms with E-state index < -0.39 is 4.92 Å². The molecule has 24 heavy (non-hydrogen) atoms. The number of allylic oxidation sites excluding steroid dienone is 1. The lowest BCUT2D eigenvalue weighted by molar-refractivity contribution is -0.385. The smallest absolute Gasteiger partial charge is 0.274 e. The van der Waals surface area contributed by atoms with E-state index in [0.29, 0.717) is 23.0 Å². The Labute approximate surface area is 143 Å². The van der Waals surface area contributed by atoms with Crippen LogP contribution in [0.4, 0.5) is 11.4 Å². The molecule has 1 aromatic heterocycles. The molecule has 0 unspecified atom stereocenters. The number of amides is 1. The fourth-order valence-electron chi connectivity index (χ4n) is 2.08. The molecule has 1 N–H and O–H groups in total. The normalized spacial score (nSPS) is 10.4. The molecule has 1 aromatic carbocycles. The number of benzene rings is 1. The lowest BCUT2D eigenvalue weighted by Crippen LogP contribution is -2.15. The number of carbonyl (C=O) groups is 1. The van der Waals surface area contributed by atoms with Gasteiger partial charge in [0.05, 0.1) is 21.9 Å². The number of hydrogen-bond acceptors (Lipinski definition) is 6. The fraction of sp³-hybridized carbons (Fsp3) is 0.267. The van der Waals surface area contributed by atoms with E-state index in [2.05, 4.69) is 22.1 Å². The second-order valence-corrected chi connectivity index (χ2v) is 5.92. The van der Waals surface area contributed by atoms with Gasteiger partial charge in [0.15, 0.2) is 5.16 Å². The summed E-state index contributed by atoms with van der Waals surface area (Å²) in [6.45, 7) is 7.67. The van der Waals surface area contributed by atoms with Gasteiger partial charge in [0.2, 0.25) is 5.91 Å². The van der Waals surface area contributed by atoms with Gasteiger partial charge in [-0.1, -0.05) is 23.9 Å². The molecular formula is C15H17N5O3S. The molecule has 0 saturated carbocycles. The summed E-state index contributed by atoms with van der Waals surface area (Å²) in [7, 11) is 0. The van der Waals surface area contributed by atoms with Crippen molar-refractivity contribution in [1.82, 2.24) is 14.8 Å². The minimum atomic E-state index is -0.472. The van der Waals surface area contributed by atoms with Crippen molar-refractivity contribution in [3.8, 4) is 0 Å². The standard InChI is InChI=1S/C15H17N5O3S/c1-4-8-19-11(3)17-18-15(19)24-9-14(21)16-12-6-5-7-13(10(12)2)20(22)23/h4-7H,1,8-9H2,2-3H3,(H,16,21). The number of anilines is 1. The number of nitro benzene ring substituents is 1. The molecule has 0 spiro atoms. The molecule has 0 aliphatic carbocycles. The van der Waals surface area contributed by atoms with Gasteiger partial charge in [0, 0.05) is 12.6 Å². The van der Waals surface area contributed by atoms with E-state index in [-0.39, 0.29) is 17.3 Å². The van der Waals surface area contributed by atoms with Gasteiger partial charge >= 0.3 is 0 Å². The monoisotopic (exact) mass is 347 g/mol. The zero-order valence-corrected chi connectivity index (χ0v) is 14.2. The van der Waals surface area contributed by atoms with Crippen molar-refractivity contribution < 1.29 is 9.72 Å². The number of carbonyl (C=O) groups excluding carboxylic acids is 1. The third kappa shape index (κ3) is 3.99. The van der Waals surface area contributed by atoms with E-state index >= 15 is 0 Å². The van der Waals surface area contributed by atoms with Crippen LogP contribution >= 0.6 is 11.8 Å². The molecule has 2 rings (SSSR count). The highest BCUT2D eigenvalue weighted by atomic mass is 32.2. The van der Waals surface area contributed by atoms with Crippen LogP contribution in [-0.4, -0.2) is 31.3 Å². The van der Waals surface area contributed by atoms with E-state index in [4.69, 9.17) is 0 Å². The molecule has 0 saturated heterocycles. The number of aryl methyl sites for hydroxylation is 1. The Hall–Kier alpha value is -2.68. The highest BCUT2D eigenvalue weighted by molar-refractivity contribution is 7.99. The minimum absolute atomic E-state index is 0.0261. The van der Waals surface area contributed by atoms with Crippen LogP contribution in [0.5, 0.6) is 0 Å². The SMILES string of the molecule is C=CCn1c(C)nnc1SCC(=O)Nc1cccc([N+](=O)[O-])c1C. The van der Waals surface area contributed by atoms with Crippen molar-refractivity contribution in [2.24, 2.45) is 0 Å². The number of rotatable bonds is 7. The molecule has 1 heterocycles. The van der Waals surface area contributed by atoms with Crippen molar-refractivity contribution in [3.05, 3.63) is 52.4 Å².